The first kappa shape index (κ1) is 75.5. The molecule has 0 amide bonds. The molecule has 0 N–H and O–H groups in total. The lowest BCUT2D eigenvalue weighted by Crippen LogP contribution is -2.12. The maximum Gasteiger partial charge on any atom is 0.148 e. The maximum atomic E-state index is 15.1. The molecule has 5 heterocycles. The molecule has 0 atom stereocenters. The summed E-state index contributed by atoms with van der Waals surface area (Å²) in [6.45, 7) is 19.0. The Hall–Kier alpha value is -8.96. The Bertz CT molecular complexity index is 6020. The minimum Gasteiger partial charge on any atom is -0.205 e. The predicted octanol–water partition coefficient (Wildman–Crippen LogP) is 32.5. The van der Waals surface area contributed by atoms with E-state index in [1.54, 1.807) is 90.1 Å². The van der Waals surface area contributed by atoms with Gasteiger partial charge in [0.2, 0.25) is 0 Å². The smallest absolute Gasteiger partial charge is 0.148 e. The summed E-state index contributed by atoms with van der Waals surface area (Å²) >= 11 is 6.09. The van der Waals surface area contributed by atoms with Crippen LogP contribution in [-0.2, 0) is 0 Å². The first-order valence-corrected chi connectivity index (χ1v) is 41.0. The summed E-state index contributed by atoms with van der Waals surface area (Å²) in [5.41, 5.74) is 10.3. The highest BCUT2D eigenvalue weighted by Gasteiger charge is 2.28. The average molecular weight is 1560 g/mol. The summed E-state index contributed by atoms with van der Waals surface area (Å²) in [4.78, 5) is 0. The van der Waals surface area contributed by atoms with Crippen molar-refractivity contribution in [2.75, 3.05) is 0 Å². The van der Waals surface area contributed by atoms with Crippen LogP contribution in [0.4, 0.5) is 43.9 Å². The lowest BCUT2D eigenvalue weighted by atomic mass is 9.79. The molecule has 12 aromatic carbocycles. The van der Waals surface area contributed by atoms with Crippen molar-refractivity contribution >= 4 is 158 Å². The summed E-state index contributed by atoms with van der Waals surface area (Å²) in [6, 6.07) is 52.5. The van der Waals surface area contributed by atoms with Crippen molar-refractivity contribution in [1.82, 2.24) is 0 Å². The molecule has 109 heavy (non-hydrogen) atoms. The SMILES string of the molecule is Cc1ccc(-c2ccc3c(sc4c(F)c(C)ccc43)c2F)cc1.Cc1ccc(-c2ccc3c(sc4c(F)c(C)ccc43)c2F)cc1.Cc1ccc2c(sc3c(F)c(C)ccc32)c1F.Cc1ccc2c(sc3c(F)c(C4CCC(C)CC4)ccc32)c1F.Cc1ccc2c(sc3c(F)c(C4CCC(C)CC4)ccc32)c1F.[HH].[HH]. The molecule has 2 saturated carbocycles. The van der Waals surface area contributed by atoms with Crippen molar-refractivity contribution in [3.63, 3.8) is 0 Å². The lowest BCUT2D eigenvalue weighted by Gasteiger charge is -2.26. The molecule has 17 aromatic rings. The largest absolute Gasteiger partial charge is 0.205 e. The Labute approximate surface area is 649 Å². The number of rotatable bonds is 4. The van der Waals surface area contributed by atoms with E-state index in [9.17, 15) is 26.3 Å². The topological polar surface area (TPSA) is 0 Å². The van der Waals surface area contributed by atoms with E-state index in [2.05, 4.69) is 13.8 Å². The van der Waals surface area contributed by atoms with Crippen LogP contribution < -0.4 is 0 Å². The highest BCUT2D eigenvalue weighted by atomic mass is 32.1. The maximum absolute atomic E-state index is 15.1. The fourth-order valence-electron chi connectivity index (χ4n) is 15.5. The van der Waals surface area contributed by atoms with Gasteiger partial charge in [0, 0.05) is 67.8 Å². The highest BCUT2D eigenvalue weighted by Crippen LogP contribution is 2.48. The average Bonchev–Trinajstić information content (AvgIpc) is 1.64. The Morgan fingerprint density at radius 2 is 0.413 bits per heavy atom. The van der Waals surface area contributed by atoms with Crippen LogP contribution in [0, 0.1) is 125 Å². The molecule has 2 fully saturated rings. The van der Waals surface area contributed by atoms with Gasteiger partial charge < -0.3 is 0 Å². The third-order valence-corrected chi connectivity index (χ3v) is 28.3. The summed E-state index contributed by atoms with van der Waals surface area (Å²) in [6.07, 6.45) is 8.91. The summed E-state index contributed by atoms with van der Waals surface area (Å²) < 4.78 is 151. The van der Waals surface area contributed by atoms with Gasteiger partial charge >= 0.3 is 0 Å². The first-order chi connectivity index (χ1) is 52.3. The predicted molar refractivity (Wildman–Crippen MR) is 450 cm³/mol. The molecule has 15 heteroatoms. The van der Waals surface area contributed by atoms with Crippen LogP contribution in [0.25, 0.3) is 123 Å². The normalized spacial score (nSPS) is 16.0. The van der Waals surface area contributed by atoms with Crippen molar-refractivity contribution in [2.24, 2.45) is 11.8 Å². The van der Waals surface area contributed by atoms with Crippen molar-refractivity contribution in [2.45, 2.75) is 132 Å². The van der Waals surface area contributed by atoms with E-state index in [-0.39, 0.29) is 61.0 Å². The summed E-state index contributed by atoms with van der Waals surface area (Å²) in [5, 5.41) is 8.05. The fourth-order valence-corrected chi connectivity index (χ4v) is 21.7. The van der Waals surface area contributed by atoms with Crippen LogP contribution in [0.2, 0.25) is 0 Å². The third-order valence-electron chi connectivity index (χ3n) is 22.3. The van der Waals surface area contributed by atoms with Crippen LogP contribution >= 0.6 is 56.7 Å². The molecule has 0 aliphatic heterocycles. The van der Waals surface area contributed by atoms with Gasteiger partial charge in [-0.2, -0.15) is 0 Å². The van der Waals surface area contributed by atoms with Crippen molar-refractivity contribution < 1.29 is 46.8 Å². The van der Waals surface area contributed by atoms with Crippen molar-refractivity contribution in [1.29, 1.82) is 0 Å². The molecular weight excluding hydrogens is 1480 g/mol. The molecule has 19 rings (SSSR count). The van der Waals surface area contributed by atoms with E-state index in [1.807, 2.05) is 135 Å². The second-order valence-corrected chi connectivity index (χ2v) is 35.0. The van der Waals surface area contributed by atoms with Gasteiger partial charge in [0.05, 0.1) is 47.0 Å². The third kappa shape index (κ3) is 14.1. The van der Waals surface area contributed by atoms with Crippen LogP contribution in [0.3, 0.4) is 0 Å². The monoisotopic (exact) mass is 1560 g/mol. The molecule has 0 saturated heterocycles. The van der Waals surface area contributed by atoms with Gasteiger partial charge in [-0.05, 0) is 160 Å². The lowest BCUT2D eigenvalue weighted by molar-refractivity contribution is 0.343. The van der Waals surface area contributed by atoms with E-state index >= 15 is 17.6 Å². The molecule has 558 valence electrons. The second-order valence-electron chi connectivity index (χ2n) is 29.9. The van der Waals surface area contributed by atoms with Crippen molar-refractivity contribution in [3.8, 4) is 22.3 Å². The Kier molecular flexibility index (Phi) is 21.3. The molecule has 2 aliphatic rings. The molecule has 0 bridgehead atoms. The van der Waals surface area contributed by atoms with E-state index in [4.69, 9.17) is 0 Å². The number of hydrogen-bond donors (Lipinski definition) is 0. The second kappa shape index (κ2) is 30.7. The quantitative estimate of drug-likeness (QED) is 0.154. The number of halogens is 10. The molecule has 0 radical (unpaired) electrons. The van der Waals surface area contributed by atoms with Gasteiger partial charge in [-0.15, -0.1) is 56.7 Å². The summed E-state index contributed by atoms with van der Waals surface area (Å²) in [7, 11) is 0. The van der Waals surface area contributed by atoms with Crippen molar-refractivity contribution in [3.05, 3.63) is 284 Å². The van der Waals surface area contributed by atoms with Gasteiger partial charge in [0.1, 0.15) is 58.2 Å². The molecule has 0 spiro atoms. The van der Waals surface area contributed by atoms with Gasteiger partial charge in [0.15, 0.2) is 0 Å². The number of fused-ring (bicyclic) bond motifs is 15. The molecule has 0 nitrogen and oxygen atoms in total. The minimum atomic E-state index is -0.274. The van der Waals surface area contributed by atoms with Gasteiger partial charge in [-0.3, -0.25) is 0 Å². The fraction of sp³-hybridized carbons (Fsp3) is 0.234. The van der Waals surface area contributed by atoms with E-state index < -0.39 is 0 Å². The highest BCUT2D eigenvalue weighted by molar-refractivity contribution is 7.27. The standard InChI is InChI=1S/2C20H20F2S.2C20H14F2S.C14H10F2S.2H2/c4*1-11-3-6-13(7-4-11)14-9-10-16-15-8-5-12(2)17(21)19(15)23-20(16)18(14)22;1-7-3-5-9-10-6-4-8(2)12(16)14(10)17-13(9)11(7)15;;/h2*5,8-11,13H,3-4,6-7H2,1-2H3;2*3-10H,1-2H3;3-6H,1-2H3;2*1H. The molecular formula is C94H82F10S5. The summed E-state index contributed by atoms with van der Waals surface area (Å²) in [5.74, 6) is -0.0674. The van der Waals surface area contributed by atoms with E-state index in [0.717, 1.165) is 125 Å². The zero-order valence-electron chi connectivity index (χ0n) is 62.0. The minimum absolute atomic E-state index is 0. The van der Waals surface area contributed by atoms with Crippen LogP contribution in [0.15, 0.2) is 170 Å². The Balaban J connectivity index is 0.000000122. The number of hydrogen-bond acceptors (Lipinski definition) is 5. The van der Waals surface area contributed by atoms with Gasteiger partial charge in [-0.25, -0.2) is 43.9 Å². The van der Waals surface area contributed by atoms with E-state index in [1.165, 1.54) is 82.4 Å². The number of aryl methyl sites for hydroxylation is 8. The van der Waals surface area contributed by atoms with Gasteiger partial charge in [-0.1, -0.05) is 221 Å². The van der Waals surface area contributed by atoms with Gasteiger partial charge in [0.25, 0.3) is 0 Å². The van der Waals surface area contributed by atoms with Crippen LogP contribution in [0.5, 0.6) is 0 Å². The molecule has 0 unspecified atom stereocenters. The first-order valence-electron chi connectivity index (χ1n) is 36.9. The number of benzene rings is 12. The van der Waals surface area contributed by atoms with E-state index in [0.29, 0.717) is 103 Å². The Morgan fingerprint density at radius 1 is 0.220 bits per heavy atom. The molecule has 5 aromatic heterocycles. The number of thiophene rings is 5. The zero-order valence-corrected chi connectivity index (χ0v) is 66.0. The van der Waals surface area contributed by atoms with Crippen LogP contribution in [-0.4, -0.2) is 0 Å². The molecule has 2 aliphatic carbocycles. The zero-order chi connectivity index (χ0) is 76.7. The Morgan fingerprint density at radius 3 is 0.642 bits per heavy atom. The van der Waals surface area contributed by atoms with Crippen LogP contribution in [0.1, 0.15) is 136 Å².